The summed E-state index contributed by atoms with van der Waals surface area (Å²) in [6, 6.07) is 9.03. The van der Waals surface area contributed by atoms with Crippen LogP contribution in [0.2, 0.25) is 5.02 Å². The molecule has 0 aliphatic carbocycles. The minimum absolute atomic E-state index is 0.0975. The Morgan fingerprint density at radius 2 is 1.87 bits per heavy atom. The Morgan fingerprint density at radius 1 is 1.17 bits per heavy atom. The van der Waals surface area contributed by atoms with Gasteiger partial charge in [0.15, 0.2) is 0 Å². The molecule has 0 heterocycles. The number of benzene rings is 2. The van der Waals surface area contributed by atoms with Gasteiger partial charge in [0, 0.05) is 5.69 Å². The van der Waals surface area contributed by atoms with E-state index >= 15 is 0 Å². The van der Waals surface area contributed by atoms with Crippen LogP contribution in [0.25, 0.3) is 0 Å². The fourth-order valence-corrected chi connectivity index (χ4v) is 2.68. The summed E-state index contributed by atoms with van der Waals surface area (Å²) in [4.78, 5) is 12.4. The van der Waals surface area contributed by atoms with Gasteiger partial charge in [0.1, 0.15) is 5.75 Å². The number of carbonyl (C=O) groups is 1. The predicted octanol–water partition coefficient (Wildman–Crippen LogP) is 2.98. The highest BCUT2D eigenvalue weighted by atomic mass is 35.5. The van der Waals surface area contributed by atoms with Gasteiger partial charge < -0.3 is 10.4 Å². The molecule has 0 aliphatic heterocycles. The van der Waals surface area contributed by atoms with Gasteiger partial charge in [-0.1, -0.05) is 23.2 Å². The van der Waals surface area contributed by atoms with Crippen molar-refractivity contribution in [3.8, 4) is 5.75 Å². The molecule has 1 amide bonds. The number of phenols is 1. The second-order valence-electron chi connectivity index (χ2n) is 5.04. The summed E-state index contributed by atoms with van der Waals surface area (Å²) in [6.45, 7) is 1.79. The molecule has 0 aromatic heterocycles. The number of halogens is 1. The van der Waals surface area contributed by atoms with Crippen LogP contribution in [-0.2, 0) is 10.0 Å². The lowest BCUT2D eigenvalue weighted by Gasteiger charge is -2.12. The molecule has 8 heteroatoms. The zero-order valence-electron chi connectivity index (χ0n) is 12.4. The average molecular weight is 355 g/mol. The van der Waals surface area contributed by atoms with Crippen LogP contribution in [0, 0.1) is 6.92 Å². The number of hydrogen-bond acceptors (Lipinski definition) is 4. The van der Waals surface area contributed by atoms with E-state index in [0.29, 0.717) is 5.69 Å². The van der Waals surface area contributed by atoms with Gasteiger partial charge in [-0.25, -0.2) is 8.42 Å². The number of rotatable bonds is 4. The van der Waals surface area contributed by atoms with E-state index in [2.05, 4.69) is 10.0 Å². The molecule has 0 atom stereocenters. The maximum atomic E-state index is 12.4. The maximum Gasteiger partial charge on any atom is 0.257 e. The van der Waals surface area contributed by atoms with Crippen LogP contribution in [0.3, 0.4) is 0 Å². The minimum Gasteiger partial charge on any atom is -0.506 e. The molecule has 2 aromatic rings. The van der Waals surface area contributed by atoms with Crippen molar-refractivity contribution < 1.29 is 18.3 Å². The number of carbonyl (C=O) groups excluding carboxylic acids is 1. The number of sulfonamides is 1. The van der Waals surface area contributed by atoms with Crippen molar-refractivity contribution in [3.05, 3.63) is 52.5 Å². The fourth-order valence-electron chi connectivity index (χ4n) is 1.92. The summed E-state index contributed by atoms with van der Waals surface area (Å²) < 4.78 is 25.1. The molecule has 0 aliphatic rings. The summed E-state index contributed by atoms with van der Waals surface area (Å²) >= 11 is 5.79. The SMILES string of the molecule is Cc1ccc(NS(C)(=O)=O)c(C(=O)Nc2ccc(O)c(Cl)c2)c1. The van der Waals surface area contributed by atoms with Crippen LogP contribution >= 0.6 is 11.6 Å². The Kier molecular flexibility index (Phi) is 4.82. The number of nitrogens with one attached hydrogen (secondary N) is 2. The zero-order valence-corrected chi connectivity index (χ0v) is 14.0. The van der Waals surface area contributed by atoms with Gasteiger partial charge >= 0.3 is 0 Å². The highest BCUT2D eigenvalue weighted by Gasteiger charge is 2.15. The summed E-state index contributed by atoms with van der Waals surface area (Å²) in [5.74, 6) is -0.596. The van der Waals surface area contributed by atoms with E-state index in [-0.39, 0.29) is 22.0 Å². The van der Waals surface area contributed by atoms with Crippen molar-refractivity contribution in [2.75, 3.05) is 16.3 Å². The van der Waals surface area contributed by atoms with Crippen LogP contribution in [0.5, 0.6) is 5.75 Å². The molecule has 2 rings (SSSR count). The number of aryl methyl sites for hydroxylation is 1. The third kappa shape index (κ3) is 4.61. The first kappa shape index (κ1) is 17.1. The summed E-state index contributed by atoms with van der Waals surface area (Å²) in [6.07, 6.45) is 1.01. The van der Waals surface area contributed by atoms with Crippen LogP contribution in [0.15, 0.2) is 36.4 Å². The number of aromatic hydroxyl groups is 1. The highest BCUT2D eigenvalue weighted by molar-refractivity contribution is 7.92. The lowest BCUT2D eigenvalue weighted by atomic mass is 10.1. The second-order valence-corrected chi connectivity index (χ2v) is 7.20. The van der Waals surface area contributed by atoms with Gasteiger partial charge in [0.25, 0.3) is 5.91 Å². The van der Waals surface area contributed by atoms with E-state index in [9.17, 15) is 18.3 Å². The van der Waals surface area contributed by atoms with Gasteiger partial charge in [-0.15, -0.1) is 0 Å². The van der Waals surface area contributed by atoms with Gasteiger partial charge in [0.2, 0.25) is 10.0 Å². The van der Waals surface area contributed by atoms with E-state index in [0.717, 1.165) is 11.8 Å². The molecule has 0 spiro atoms. The first-order chi connectivity index (χ1) is 10.7. The summed E-state index contributed by atoms with van der Waals surface area (Å²) in [5, 5.41) is 12.1. The van der Waals surface area contributed by atoms with Crippen LogP contribution in [0.4, 0.5) is 11.4 Å². The Labute approximate surface area is 139 Å². The van der Waals surface area contributed by atoms with E-state index < -0.39 is 15.9 Å². The van der Waals surface area contributed by atoms with E-state index in [1.807, 2.05) is 0 Å². The quantitative estimate of drug-likeness (QED) is 0.735. The molecule has 0 saturated heterocycles. The van der Waals surface area contributed by atoms with Crippen LogP contribution in [-0.4, -0.2) is 25.7 Å². The van der Waals surface area contributed by atoms with Gasteiger partial charge in [-0.2, -0.15) is 0 Å². The van der Waals surface area contributed by atoms with Crippen molar-refractivity contribution in [1.29, 1.82) is 0 Å². The average Bonchev–Trinajstić information content (AvgIpc) is 2.43. The highest BCUT2D eigenvalue weighted by Crippen LogP contribution is 2.27. The van der Waals surface area contributed by atoms with E-state index in [1.54, 1.807) is 19.1 Å². The molecule has 3 N–H and O–H groups in total. The van der Waals surface area contributed by atoms with Gasteiger partial charge in [-0.05, 0) is 37.3 Å². The molecule has 6 nitrogen and oxygen atoms in total. The first-order valence-corrected chi connectivity index (χ1v) is 8.81. The number of hydrogen-bond donors (Lipinski definition) is 3. The van der Waals surface area contributed by atoms with Crippen LogP contribution < -0.4 is 10.0 Å². The van der Waals surface area contributed by atoms with Gasteiger partial charge in [0.05, 0.1) is 22.5 Å². The van der Waals surface area contributed by atoms with Crippen molar-refractivity contribution >= 4 is 38.9 Å². The topological polar surface area (TPSA) is 95.5 Å². The Bertz CT molecular complexity index is 866. The molecule has 23 heavy (non-hydrogen) atoms. The standard InChI is InChI=1S/C15H15ClN2O4S/c1-9-3-5-13(18-23(2,21)22)11(7-9)15(20)17-10-4-6-14(19)12(16)8-10/h3-8,18-19H,1-2H3,(H,17,20). The zero-order chi connectivity index (χ0) is 17.2. The molecular formula is C15H15ClN2O4S. The Balaban J connectivity index is 2.34. The van der Waals surface area contributed by atoms with Crippen molar-refractivity contribution in [2.24, 2.45) is 0 Å². The monoisotopic (exact) mass is 354 g/mol. The van der Waals surface area contributed by atoms with E-state index in [4.69, 9.17) is 11.6 Å². The summed E-state index contributed by atoms with van der Waals surface area (Å²) in [5.41, 5.74) is 1.54. The molecular weight excluding hydrogens is 340 g/mol. The molecule has 122 valence electrons. The molecule has 0 saturated carbocycles. The molecule has 0 bridgehead atoms. The molecule has 2 aromatic carbocycles. The fraction of sp³-hybridized carbons (Fsp3) is 0.133. The number of amides is 1. The van der Waals surface area contributed by atoms with Crippen molar-refractivity contribution in [1.82, 2.24) is 0 Å². The third-order valence-electron chi connectivity index (χ3n) is 2.92. The number of phenolic OH excluding ortho intramolecular Hbond substituents is 1. The van der Waals surface area contributed by atoms with Crippen LogP contribution in [0.1, 0.15) is 15.9 Å². The summed E-state index contributed by atoms with van der Waals surface area (Å²) in [7, 11) is -3.52. The largest absolute Gasteiger partial charge is 0.506 e. The minimum atomic E-state index is -3.52. The van der Waals surface area contributed by atoms with Crippen molar-refractivity contribution in [2.45, 2.75) is 6.92 Å². The smallest absolute Gasteiger partial charge is 0.257 e. The lowest BCUT2D eigenvalue weighted by molar-refractivity contribution is 0.102. The maximum absolute atomic E-state index is 12.4. The second kappa shape index (κ2) is 6.47. The third-order valence-corrected chi connectivity index (χ3v) is 3.81. The molecule has 0 fully saturated rings. The normalized spacial score (nSPS) is 11.1. The molecule has 0 radical (unpaired) electrons. The van der Waals surface area contributed by atoms with Crippen molar-refractivity contribution in [3.63, 3.8) is 0 Å². The van der Waals surface area contributed by atoms with Gasteiger partial charge in [-0.3, -0.25) is 9.52 Å². The Hall–Kier alpha value is -2.25. The predicted molar refractivity (Wildman–Crippen MR) is 90.7 cm³/mol. The van der Waals surface area contributed by atoms with E-state index in [1.165, 1.54) is 24.3 Å². The molecule has 0 unspecified atom stereocenters. The first-order valence-electron chi connectivity index (χ1n) is 6.54. The Morgan fingerprint density at radius 3 is 2.48 bits per heavy atom. The number of anilines is 2. The lowest BCUT2D eigenvalue weighted by Crippen LogP contribution is -2.17.